The number of anilines is 1. The van der Waals surface area contributed by atoms with Crippen molar-refractivity contribution in [3.05, 3.63) is 53.3 Å². The number of likely N-dealkylation sites (tertiary alicyclic amines) is 1. The summed E-state index contributed by atoms with van der Waals surface area (Å²) in [6, 6.07) is 8.78. The van der Waals surface area contributed by atoms with Crippen molar-refractivity contribution in [3.63, 3.8) is 0 Å². The molecule has 3 fully saturated rings. The van der Waals surface area contributed by atoms with Gasteiger partial charge in [0.15, 0.2) is 0 Å². The fourth-order valence-electron chi connectivity index (χ4n) is 6.39. The molecule has 206 valence electrons. The van der Waals surface area contributed by atoms with E-state index in [1.54, 1.807) is 0 Å². The highest BCUT2D eigenvalue weighted by Crippen LogP contribution is 2.48. The van der Waals surface area contributed by atoms with Crippen LogP contribution in [0, 0.1) is 5.41 Å². The molecule has 2 aliphatic heterocycles. The lowest BCUT2D eigenvalue weighted by molar-refractivity contribution is -0.138. The van der Waals surface area contributed by atoms with Crippen LogP contribution in [0.1, 0.15) is 63.1 Å². The minimum absolute atomic E-state index is 0.0701. The van der Waals surface area contributed by atoms with Gasteiger partial charge in [0, 0.05) is 63.2 Å². The summed E-state index contributed by atoms with van der Waals surface area (Å²) >= 11 is 0. The maximum absolute atomic E-state index is 13.1. The number of piperazine rings is 1. The summed E-state index contributed by atoms with van der Waals surface area (Å²) in [6.07, 6.45) is -0.832. The maximum atomic E-state index is 13.1. The molecular formula is C28H37F3N6O. The number of urea groups is 1. The summed E-state index contributed by atoms with van der Waals surface area (Å²) in [4.78, 5) is 27.2. The topological polar surface area (TPSA) is 64.6 Å². The second-order valence-electron chi connectivity index (χ2n) is 11.9. The molecule has 1 aromatic carbocycles. The van der Waals surface area contributed by atoms with Crippen molar-refractivity contribution in [2.24, 2.45) is 5.41 Å². The molecule has 0 radical (unpaired) electrons. The molecular weight excluding hydrogens is 493 g/mol. The normalized spacial score (nSPS) is 23.9. The molecule has 0 bridgehead atoms. The zero-order chi connectivity index (χ0) is 27.2. The molecule has 1 aliphatic carbocycles. The molecule has 2 amide bonds. The van der Waals surface area contributed by atoms with Gasteiger partial charge in [0.05, 0.1) is 5.56 Å². The Morgan fingerprint density at radius 1 is 1.05 bits per heavy atom. The number of hydrogen-bond donors (Lipinski definition) is 1. The lowest BCUT2D eigenvalue weighted by atomic mass is 9.60. The van der Waals surface area contributed by atoms with E-state index >= 15 is 0 Å². The van der Waals surface area contributed by atoms with E-state index in [0.29, 0.717) is 24.4 Å². The zero-order valence-electron chi connectivity index (χ0n) is 22.5. The number of alkyl halides is 3. The van der Waals surface area contributed by atoms with E-state index in [-0.39, 0.29) is 30.1 Å². The summed E-state index contributed by atoms with van der Waals surface area (Å²) in [5.74, 6) is 0.796. The van der Waals surface area contributed by atoms with Crippen LogP contribution in [0.2, 0.25) is 0 Å². The van der Waals surface area contributed by atoms with Crippen LogP contribution in [0.15, 0.2) is 36.7 Å². The van der Waals surface area contributed by atoms with Crippen molar-refractivity contribution in [2.75, 3.05) is 31.1 Å². The number of nitrogens with one attached hydrogen (secondary N) is 1. The average molecular weight is 531 g/mol. The summed E-state index contributed by atoms with van der Waals surface area (Å²) < 4.78 is 38.5. The predicted molar refractivity (Wildman–Crippen MR) is 140 cm³/mol. The molecule has 38 heavy (non-hydrogen) atoms. The minimum atomic E-state index is -4.46. The number of benzene rings is 1. The number of amides is 2. The zero-order valence-corrected chi connectivity index (χ0v) is 22.5. The average Bonchev–Trinajstić information content (AvgIpc) is 2.80. The van der Waals surface area contributed by atoms with E-state index in [2.05, 4.69) is 58.3 Å². The first-order valence-corrected chi connectivity index (χ1v) is 13.5. The van der Waals surface area contributed by atoms with Crippen molar-refractivity contribution in [3.8, 4) is 0 Å². The van der Waals surface area contributed by atoms with Gasteiger partial charge in [-0.05, 0) is 49.1 Å². The van der Waals surface area contributed by atoms with Crippen LogP contribution in [0.3, 0.4) is 0 Å². The molecule has 1 saturated carbocycles. The van der Waals surface area contributed by atoms with Crippen LogP contribution in [-0.2, 0) is 12.7 Å². The molecule has 1 aromatic heterocycles. The maximum Gasteiger partial charge on any atom is 0.419 e. The van der Waals surface area contributed by atoms with Gasteiger partial charge < -0.3 is 15.1 Å². The van der Waals surface area contributed by atoms with Crippen molar-refractivity contribution < 1.29 is 18.0 Å². The third-order valence-electron chi connectivity index (χ3n) is 8.26. The Labute approximate surface area is 222 Å². The van der Waals surface area contributed by atoms with Crippen LogP contribution in [0.4, 0.5) is 23.9 Å². The first kappa shape index (κ1) is 26.7. The first-order chi connectivity index (χ1) is 17.9. The van der Waals surface area contributed by atoms with E-state index in [1.165, 1.54) is 11.1 Å². The summed E-state index contributed by atoms with van der Waals surface area (Å²) in [5, 5.41) is 3.22. The van der Waals surface area contributed by atoms with Crippen molar-refractivity contribution in [1.29, 1.82) is 0 Å². The predicted octanol–water partition coefficient (Wildman–Crippen LogP) is 4.89. The van der Waals surface area contributed by atoms with E-state index in [0.717, 1.165) is 44.9 Å². The fraction of sp³-hybridized carbons (Fsp3) is 0.607. The molecule has 3 aliphatic rings. The number of rotatable bonds is 5. The smallest absolute Gasteiger partial charge is 0.337 e. The number of carbonyl (C=O) groups excluding carboxylic acids is 1. The van der Waals surface area contributed by atoms with Crippen LogP contribution in [-0.4, -0.2) is 70.1 Å². The first-order valence-electron chi connectivity index (χ1n) is 13.5. The number of nitrogens with zero attached hydrogens (tertiary/aromatic N) is 5. The molecule has 5 rings (SSSR count). The Morgan fingerprint density at radius 2 is 1.63 bits per heavy atom. The van der Waals surface area contributed by atoms with Gasteiger partial charge in [0.2, 0.25) is 5.95 Å². The van der Waals surface area contributed by atoms with Gasteiger partial charge in [0.1, 0.15) is 0 Å². The fourth-order valence-corrected chi connectivity index (χ4v) is 6.39. The summed E-state index contributed by atoms with van der Waals surface area (Å²) in [6.45, 7) is 12.4. The Morgan fingerprint density at radius 3 is 2.16 bits per heavy atom. The Bertz CT molecular complexity index is 1110. The highest BCUT2D eigenvalue weighted by molar-refractivity contribution is 5.76. The van der Waals surface area contributed by atoms with E-state index < -0.39 is 11.7 Å². The number of hydrogen-bond acceptors (Lipinski definition) is 5. The molecule has 3 heterocycles. The number of halogens is 3. The molecule has 7 nitrogen and oxygen atoms in total. The van der Waals surface area contributed by atoms with E-state index in [9.17, 15) is 18.0 Å². The monoisotopic (exact) mass is 530 g/mol. The molecule has 1 spiro atoms. The molecule has 0 unspecified atom stereocenters. The standard InChI is InChI=1S/C28H37F3N6O/c1-18(2)22-7-5-21(6-8-22)15-35-16-27(17-35)9-24(10-27)34-26(38)37-19(3)13-36(14-20(37)4)25-32-11-23(12-33-25)28(29,30)31/h5-8,11-12,18-20,24H,9-10,13-17H2,1-4H3,(H,34,38)/t19-,20+. The highest BCUT2D eigenvalue weighted by Gasteiger charge is 2.52. The second-order valence-corrected chi connectivity index (χ2v) is 11.9. The molecule has 1 N–H and O–H groups in total. The van der Waals surface area contributed by atoms with Crippen molar-refractivity contribution in [1.82, 2.24) is 25.1 Å². The third kappa shape index (κ3) is 5.46. The summed E-state index contributed by atoms with van der Waals surface area (Å²) in [7, 11) is 0. The van der Waals surface area contributed by atoms with E-state index in [4.69, 9.17) is 0 Å². The second kappa shape index (κ2) is 10.0. The van der Waals surface area contributed by atoms with Crippen LogP contribution in [0.25, 0.3) is 0 Å². The lowest BCUT2D eigenvalue weighted by Gasteiger charge is -2.59. The molecule has 2 saturated heterocycles. The van der Waals surface area contributed by atoms with Crippen LogP contribution < -0.4 is 10.2 Å². The van der Waals surface area contributed by atoms with Crippen LogP contribution >= 0.6 is 0 Å². The number of carbonyl (C=O) groups is 1. The summed E-state index contributed by atoms with van der Waals surface area (Å²) in [5.41, 5.74) is 2.17. The Balaban J connectivity index is 1.07. The van der Waals surface area contributed by atoms with Gasteiger partial charge in [-0.2, -0.15) is 13.2 Å². The minimum Gasteiger partial charge on any atom is -0.337 e. The third-order valence-corrected chi connectivity index (χ3v) is 8.26. The lowest BCUT2D eigenvalue weighted by Crippen LogP contribution is -2.68. The van der Waals surface area contributed by atoms with Gasteiger partial charge in [0.25, 0.3) is 0 Å². The van der Waals surface area contributed by atoms with Gasteiger partial charge in [-0.25, -0.2) is 14.8 Å². The van der Waals surface area contributed by atoms with E-state index in [1.807, 2.05) is 23.6 Å². The highest BCUT2D eigenvalue weighted by atomic mass is 19.4. The van der Waals surface area contributed by atoms with Crippen molar-refractivity contribution in [2.45, 2.75) is 77.3 Å². The van der Waals surface area contributed by atoms with Gasteiger partial charge in [-0.3, -0.25) is 4.90 Å². The van der Waals surface area contributed by atoms with Crippen molar-refractivity contribution >= 4 is 12.0 Å². The molecule has 2 aromatic rings. The number of aromatic nitrogens is 2. The van der Waals surface area contributed by atoms with Gasteiger partial charge in [-0.15, -0.1) is 0 Å². The largest absolute Gasteiger partial charge is 0.419 e. The molecule has 2 atom stereocenters. The van der Waals surface area contributed by atoms with Gasteiger partial charge in [-0.1, -0.05) is 38.1 Å². The Kier molecular flexibility index (Phi) is 7.04. The SMILES string of the molecule is CC(C)c1ccc(CN2CC3(CC(NC(=O)N4[C@H](C)CN(c5ncc(C(F)(F)F)cn5)C[C@@H]4C)C3)C2)cc1. The quantitative estimate of drug-likeness (QED) is 0.596. The van der Waals surface area contributed by atoms with Crippen LogP contribution in [0.5, 0.6) is 0 Å². The Hall–Kier alpha value is -2.88. The van der Waals surface area contributed by atoms with Gasteiger partial charge >= 0.3 is 12.2 Å². The molecule has 10 heteroatoms.